The molecule has 1 fully saturated rings. The third-order valence-corrected chi connectivity index (χ3v) is 8.13. The molecule has 9 heteroatoms. The topological polar surface area (TPSA) is 109 Å². The molecule has 1 aliphatic carbocycles. The van der Waals surface area contributed by atoms with Crippen molar-refractivity contribution in [3.63, 3.8) is 0 Å². The van der Waals surface area contributed by atoms with Crippen LogP contribution in [0.4, 0.5) is 0 Å². The van der Waals surface area contributed by atoms with Crippen molar-refractivity contribution in [2.75, 3.05) is 7.11 Å². The summed E-state index contributed by atoms with van der Waals surface area (Å²) in [6.07, 6.45) is 3.47. The van der Waals surface area contributed by atoms with Gasteiger partial charge >= 0.3 is 5.97 Å². The molecule has 0 spiro atoms. The molecule has 2 aromatic heterocycles. The Hall–Kier alpha value is -4.40. The van der Waals surface area contributed by atoms with Crippen molar-refractivity contribution < 1.29 is 23.9 Å². The van der Waals surface area contributed by atoms with Gasteiger partial charge in [0.15, 0.2) is 17.2 Å². The zero-order valence-corrected chi connectivity index (χ0v) is 25.4. The number of aryl methyl sites for hydroxylation is 1. The van der Waals surface area contributed by atoms with Crippen molar-refractivity contribution in [1.29, 1.82) is 0 Å². The second-order valence-corrected chi connectivity index (χ2v) is 12.3. The summed E-state index contributed by atoms with van der Waals surface area (Å²) >= 11 is 0. The average molecular weight is 586 g/mol. The minimum Gasteiger partial charge on any atom is -0.493 e. The van der Waals surface area contributed by atoms with Crippen molar-refractivity contribution >= 4 is 39.5 Å². The second-order valence-electron chi connectivity index (χ2n) is 12.3. The molecule has 2 heterocycles. The number of hydrogen-bond acceptors (Lipinski definition) is 6. The molecular formula is C34H39N3O6. The lowest BCUT2D eigenvalue weighted by Gasteiger charge is -2.29. The Bertz CT molecular complexity index is 1740. The van der Waals surface area contributed by atoms with E-state index in [0.29, 0.717) is 23.0 Å². The smallest absolute Gasteiger partial charge is 0.306 e. The van der Waals surface area contributed by atoms with Gasteiger partial charge in [-0.1, -0.05) is 48.5 Å². The van der Waals surface area contributed by atoms with Crippen LogP contribution in [0.5, 0.6) is 5.75 Å². The highest BCUT2D eigenvalue weighted by molar-refractivity contribution is 6.12. The van der Waals surface area contributed by atoms with Crippen molar-refractivity contribution in [3.8, 4) is 5.75 Å². The lowest BCUT2D eigenvalue weighted by molar-refractivity contribution is -0.156. The zero-order chi connectivity index (χ0) is 30.9. The van der Waals surface area contributed by atoms with E-state index in [1.165, 1.54) is 11.7 Å². The van der Waals surface area contributed by atoms with Gasteiger partial charge in [-0.25, -0.2) is 0 Å². The van der Waals surface area contributed by atoms with Crippen LogP contribution in [-0.2, 0) is 23.1 Å². The molecule has 43 heavy (non-hydrogen) atoms. The van der Waals surface area contributed by atoms with Gasteiger partial charge < -0.3 is 19.4 Å². The van der Waals surface area contributed by atoms with E-state index in [1.807, 2.05) is 51.1 Å². The number of pyridine rings is 1. The fraction of sp³-hybridized carbons (Fsp3) is 0.412. The number of fused-ring (bicyclic) bond motifs is 3. The molecule has 0 unspecified atom stereocenters. The molecule has 0 radical (unpaired) electrons. The summed E-state index contributed by atoms with van der Waals surface area (Å²) in [6, 6.07) is 16.2. The van der Waals surface area contributed by atoms with Gasteiger partial charge in [0.2, 0.25) is 0 Å². The Labute approximate surface area is 250 Å². The van der Waals surface area contributed by atoms with E-state index in [0.717, 1.165) is 31.1 Å². The quantitative estimate of drug-likeness (QED) is 0.219. The predicted molar refractivity (Wildman–Crippen MR) is 166 cm³/mol. The van der Waals surface area contributed by atoms with Crippen LogP contribution in [0.3, 0.4) is 0 Å². The van der Waals surface area contributed by atoms with Gasteiger partial charge in [-0.05, 0) is 58.4 Å². The van der Waals surface area contributed by atoms with Gasteiger partial charge in [0, 0.05) is 30.5 Å². The van der Waals surface area contributed by atoms with Crippen molar-refractivity contribution in [2.24, 2.45) is 13.0 Å². The molecule has 5 rings (SSSR count). The maximum atomic E-state index is 14.0. The third-order valence-electron chi connectivity index (χ3n) is 8.13. The highest BCUT2D eigenvalue weighted by Gasteiger charge is 2.31. The lowest BCUT2D eigenvalue weighted by Crippen LogP contribution is -2.39. The first-order valence-electron chi connectivity index (χ1n) is 14.8. The largest absolute Gasteiger partial charge is 0.493 e. The predicted octanol–water partition coefficient (Wildman–Crippen LogP) is 5.41. The number of aromatic nitrogens is 2. The maximum absolute atomic E-state index is 14.0. The fourth-order valence-electron chi connectivity index (χ4n) is 6.18. The first kappa shape index (κ1) is 30.1. The molecular weight excluding hydrogens is 546 g/mol. The number of methoxy groups -OCH3 is 1. The SMILES string of the molecule is COc1c(C(=O)NC2CCC(CC(=O)OC(C)(C)C)CC2)n(C)c2c1c(=O)n(CC(=O)c1ccccc1)c1ccccc21. The number of Topliss-reactive ketones (excluding diaryl/α,β-unsaturated/α-hetero) is 1. The monoisotopic (exact) mass is 585 g/mol. The minimum atomic E-state index is -0.508. The van der Waals surface area contributed by atoms with E-state index < -0.39 is 11.2 Å². The van der Waals surface area contributed by atoms with Gasteiger partial charge in [0.25, 0.3) is 11.5 Å². The molecule has 0 atom stereocenters. The number of ether oxygens (including phenoxy) is 2. The molecule has 4 aromatic rings. The van der Waals surface area contributed by atoms with Crippen LogP contribution in [0.15, 0.2) is 59.4 Å². The van der Waals surface area contributed by atoms with Crippen LogP contribution >= 0.6 is 0 Å². The van der Waals surface area contributed by atoms with Crippen LogP contribution < -0.4 is 15.6 Å². The number of carbonyl (C=O) groups is 3. The fourth-order valence-corrected chi connectivity index (χ4v) is 6.18. The number of benzene rings is 2. The van der Waals surface area contributed by atoms with Gasteiger partial charge in [0.1, 0.15) is 11.0 Å². The van der Waals surface area contributed by atoms with E-state index in [1.54, 1.807) is 35.9 Å². The summed E-state index contributed by atoms with van der Waals surface area (Å²) < 4.78 is 14.4. The van der Waals surface area contributed by atoms with E-state index in [2.05, 4.69) is 5.32 Å². The second kappa shape index (κ2) is 12.1. The Kier molecular flexibility index (Phi) is 8.44. The first-order chi connectivity index (χ1) is 20.5. The van der Waals surface area contributed by atoms with Gasteiger partial charge in [-0.2, -0.15) is 0 Å². The third kappa shape index (κ3) is 6.21. The van der Waals surface area contributed by atoms with Crippen LogP contribution in [0.2, 0.25) is 0 Å². The highest BCUT2D eigenvalue weighted by atomic mass is 16.6. The van der Waals surface area contributed by atoms with Crippen molar-refractivity contribution in [3.05, 3.63) is 76.2 Å². The molecule has 226 valence electrons. The standard InChI is InChI=1S/C34H39N3O6/c1-34(2,3)43-27(39)19-21-15-17-23(18-16-21)35-32(40)30-31(42-5)28-29(36(30)4)24-13-9-10-14-25(24)37(33(28)41)20-26(38)22-11-7-6-8-12-22/h6-14,21,23H,15-20H2,1-5H3,(H,35,40). The van der Waals surface area contributed by atoms with Crippen LogP contribution in [-0.4, -0.2) is 45.5 Å². The summed E-state index contributed by atoms with van der Waals surface area (Å²) in [5.41, 5.74) is 1.04. The number of hydrogen-bond donors (Lipinski definition) is 1. The Morgan fingerprint density at radius 3 is 2.26 bits per heavy atom. The molecule has 0 saturated heterocycles. The van der Waals surface area contributed by atoms with Gasteiger partial charge in [0.05, 0.1) is 24.7 Å². The molecule has 9 nitrogen and oxygen atoms in total. The Morgan fingerprint density at radius 2 is 1.60 bits per heavy atom. The van der Waals surface area contributed by atoms with Gasteiger partial charge in [-0.15, -0.1) is 0 Å². The number of nitrogens with one attached hydrogen (secondary N) is 1. The van der Waals surface area contributed by atoms with E-state index in [-0.39, 0.29) is 53.0 Å². The highest BCUT2D eigenvalue weighted by Crippen LogP contribution is 2.35. The summed E-state index contributed by atoms with van der Waals surface area (Å²) in [7, 11) is 3.20. The normalized spacial score (nSPS) is 17.1. The first-order valence-corrected chi connectivity index (χ1v) is 14.8. The van der Waals surface area contributed by atoms with E-state index in [4.69, 9.17) is 9.47 Å². The summed E-state index contributed by atoms with van der Waals surface area (Å²) in [5.74, 6) is -0.309. The summed E-state index contributed by atoms with van der Waals surface area (Å²) in [6.45, 7) is 5.44. The summed E-state index contributed by atoms with van der Waals surface area (Å²) in [5, 5.41) is 4.14. The molecule has 0 aliphatic heterocycles. The van der Waals surface area contributed by atoms with E-state index in [9.17, 15) is 19.2 Å². The van der Waals surface area contributed by atoms with Crippen LogP contribution in [0.1, 0.15) is 73.7 Å². The number of ketones is 1. The molecule has 0 bridgehead atoms. The molecule has 1 amide bonds. The summed E-state index contributed by atoms with van der Waals surface area (Å²) in [4.78, 5) is 53.2. The van der Waals surface area contributed by atoms with Crippen LogP contribution in [0, 0.1) is 5.92 Å². The number of nitrogens with zero attached hydrogens (tertiary/aromatic N) is 2. The maximum Gasteiger partial charge on any atom is 0.306 e. The molecule has 1 aliphatic rings. The number of amides is 1. The number of esters is 1. The number of para-hydroxylation sites is 1. The Balaban J connectivity index is 1.43. The molecule has 2 aromatic carbocycles. The van der Waals surface area contributed by atoms with Crippen molar-refractivity contribution in [2.45, 2.75) is 71.1 Å². The van der Waals surface area contributed by atoms with Crippen molar-refractivity contribution in [1.82, 2.24) is 14.5 Å². The average Bonchev–Trinajstić information content (AvgIpc) is 3.28. The molecule has 1 saturated carbocycles. The number of carbonyl (C=O) groups excluding carboxylic acids is 3. The molecule has 1 N–H and O–H groups in total. The van der Waals surface area contributed by atoms with E-state index >= 15 is 0 Å². The lowest BCUT2D eigenvalue weighted by atomic mass is 9.84. The van der Waals surface area contributed by atoms with Crippen LogP contribution in [0.25, 0.3) is 21.8 Å². The number of rotatable bonds is 8. The zero-order valence-electron chi connectivity index (χ0n) is 25.4. The Morgan fingerprint density at radius 1 is 0.953 bits per heavy atom. The van der Waals surface area contributed by atoms with Gasteiger partial charge in [-0.3, -0.25) is 23.7 Å². The minimum absolute atomic E-state index is 0.0676.